The number of urea groups is 1. The zero-order valence-electron chi connectivity index (χ0n) is 12.9. The molecule has 3 N–H and O–H groups in total. The van der Waals surface area contributed by atoms with Crippen LogP contribution in [0.15, 0.2) is 18.2 Å². The van der Waals surface area contributed by atoms with Crippen molar-refractivity contribution in [3.05, 3.63) is 28.2 Å². The van der Waals surface area contributed by atoms with Crippen molar-refractivity contribution in [1.29, 1.82) is 5.41 Å². The number of hydrogen-bond donors (Lipinski definition) is 3. The van der Waals surface area contributed by atoms with E-state index < -0.39 is 6.03 Å². The summed E-state index contributed by atoms with van der Waals surface area (Å²) in [5.41, 5.74) is 0.569. The average Bonchev–Trinajstić information content (AvgIpc) is 2.98. The molecule has 1 aromatic rings. The maximum atomic E-state index is 11.5. The highest BCUT2D eigenvalue weighted by Crippen LogP contribution is 2.35. The molecule has 0 unspecified atom stereocenters. The van der Waals surface area contributed by atoms with Gasteiger partial charge in [-0.05, 0) is 30.9 Å². The van der Waals surface area contributed by atoms with Crippen molar-refractivity contribution in [2.24, 2.45) is 5.92 Å². The number of carbonyl (C=O) groups excluding carboxylic acids is 1. The summed E-state index contributed by atoms with van der Waals surface area (Å²) in [6, 6.07) is 4.79. The fraction of sp³-hybridized carbons (Fsp3) is 0.467. The van der Waals surface area contributed by atoms with E-state index in [1.54, 1.807) is 23.1 Å². The summed E-state index contributed by atoms with van der Waals surface area (Å²) in [4.78, 5) is 13.2. The molecule has 1 aliphatic carbocycles. The summed E-state index contributed by atoms with van der Waals surface area (Å²) >= 11 is 12.5. The minimum atomic E-state index is -0.440. The molecule has 0 heterocycles. The number of nitrogens with zero attached hydrogens (tertiary/aromatic N) is 1. The molecule has 0 aromatic heterocycles. The van der Waals surface area contributed by atoms with Gasteiger partial charge in [0.15, 0.2) is 0 Å². The molecular formula is C15H21Cl3N4O. The summed E-state index contributed by atoms with van der Waals surface area (Å²) < 4.78 is 0. The van der Waals surface area contributed by atoms with Crippen molar-refractivity contribution in [3.63, 3.8) is 0 Å². The summed E-state index contributed by atoms with van der Waals surface area (Å²) in [6.07, 6.45) is 4.63. The molecule has 0 atom stereocenters. The first-order valence-electron chi connectivity index (χ1n) is 7.31. The molecule has 128 valence electrons. The lowest BCUT2D eigenvalue weighted by Crippen LogP contribution is -2.48. The van der Waals surface area contributed by atoms with Crippen molar-refractivity contribution in [1.82, 2.24) is 10.6 Å². The van der Waals surface area contributed by atoms with Crippen LogP contribution in [0.2, 0.25) is 10.0 Å². The third-order valence-electron chi connectivity index (χ3n) is 3.85. The number of rotatable bonds is 3. The average molecular weight is 380 g/mol. The van der Waals surface area contributed by atoms with Crippen LogP contribution in [-0.2, 0) is 0 Å². The second-order valence-corrected chi connectivity index (χ2v) is 6.20. The van der Waals surface area contributed by atoms with Gasteiger partial charge in [0.05, 0.1) is 15.7 Å². The van der Waals surface area contributed by atoms with Crippen LogP contribution in [0, 0.1) is 11.3 Å². The van der Waals surface area contributed by atoms with Gasteiger partial charge in [-0.1, -0.05) is 42.1 Å². The van der Waals surface area contributed by atoms with Gasteiger partial charge in [-0.25, -0.2) is 4.79 Å². The van der Waals surface area contributed by atoms with Crippen LogP contribution in [-0.4, -0.2) is 25.6 Å². The highest BCUT2D eigenvalue weighted by atomic mass is 35.5. The summed E-state index contributed by atoms with van der Waals surface area (Å²) in [5.74, 6) is 0.445. The third kappa shape index (κ3) is 5.16. The Labute approximate surface area is 152 Å². The Hall–Kier alpha value is -1.17. The zero-order chi connectivity index (χ0) is 16.1. The molecule has 0 spiro atoms. The summed E-state index contributed by atoms with van der Waals surface area (Å²) in [7, 11) is 1.51. The first-order valence-corrected chi connectivity index (χ1v) is 8.07. The third-order valence-corrected chi connectivity index (χ3v) is 4.46. The molecule has 0 radical (unpaired) electrons. The molecule has 0 bridgehead atoms. The lowest BCUT2D eigenvalue weighted by Gasteiger charge is -2.29. The van der Waals surface area contributed by atoms with Gasteiger partial charge in [0.25, 0.3) is 0 Å². The zero-order valence-corrected chi connectivity index (χ0v) is 15.2. The Balaban J connectivity index is 0.00000264. The van der Waals surface area contributed by atoms with Crippen LogP contribution in [0.5, 0.6) is 0 Å². The topological polar surface area (TPSA) is 68.2 Å². The highest BCUT2D eigenvalue weighted by Gasteiger charge is 2.25. The molecule has 0 saturated heterocycles. The van der Waals surface area contributed by atoms with Gasteiger partial charge in [0, 0.05) is 13.6 Å². The second kappa shape index (κ2) is 9.21. The molecule has 1 aromatic carbocycles. The molecule has 5 nitrogen and oxygen atoms in total. The number of benzene rings is 1. The molecular weight excluding hydrogens is 359 g/mol. The number of guanidine groups is 1. The summed E-state index contributed by atoms with van der Waals surface area (Å²) in [6.45, 7) is 0.617. The van der Waals surface area contributed by atoms with Gasteiger partial charge in [0.2, 0.25) is 5.96 Å². The number of nitrogens with one attached hydrogen (secondary N) is 3. The van der Waals surface area contributed by atoms with Gasteiger partial charge in [-0.3, -0.25) is 10.7 Å². The van der Waals surface area contributed by atoms with E-state index in [2.05, 4.69) is 10.6 Å². The van der Waals surface area contributed by atoms with Crippen LogP contribution in [0.4, 0.5) is 10.5 Å². The van der Waals surface area contributed by atoms with Crippen molar-refractivity contribution >= 4 is 53.3 Å². The first kappa shape index (κ1) is 19.9. The van der Waals surface area contributed by atoms with E-state index in [0.717, 1.165) is 12.8 Å². The predicted octanol–water partition coefficient (Wildman–Crippen LogP) is 4.28. The minimum Gasteiger partial charge on any atom is -0.341 e. The molecule has 23 heavy (non-hydrogen) atoms. The lowest BCUT2D eigenvalue weighted by atomic mass is 10.1. The van der Waals surface area contributed by atoms with Crippen LogP contribution in [0.3, 0.4) is 0 Å². The Kier molecular flexibility index (Phi) is 7.95. The number of carbonyl (C=O) groups is 1. The molecule has 2 amide bonds. The molecule has 1 saturated carbocycles. The lowest BCUT2D eigenvalue weighted by molar-refractivity contribution is 0.247. The van der Waals surface area contributed by atoms with Gasteiger partial charge in [-0.2, -0.15) is 0 Å². The standard InChI is InChI=1S/C15H20Cl2N4O.ClH/c1-19-15(22)20-14(18)21(9-10-5-2-3-6-10)13-11(16)7-4-8-12(13)17;/h4,7-8,10H,2-3,5-6,9H2,1H3,(H3,18,19,20,22);1H. The number of halogens is 3. The Morgan fingerprint density at radius 1 is 1.30 bits per heavy atom. The van der Waals surface area contributed by atoms with Crippen LogP contribution in [0.1, 0.15) is 25.7 Å². The van der Waals surface area contributed by atoms with E-state index >= 15 is 0 Å². The Bertz CT molecular complexity index is 541. The normalized spacial score (nSPS) is 14.0. The van der Waals surface area contributed by atoms with Gasteiger partial charge in [0.1, 0.15) is 0 Å². The monoisotopic (exact) mass is 378 g/mol. The van der Waals surface area contributed by atoms with Crippen molar-refractivity contribution < 1.29 is 4.79 Å². The Morgan fingerprint density at radius 2 is 1.87 bits per heavy atom. The smallest absolute Gasteiger partial charge is 0.321 e. The quantitative estimate of drug-likeness (QED) is 0.542. The van der Waals surface area contributed by atoms with E-state index in [9.17, 15) is 4.79 Å². The van der Waals surface area contributed by atoms with Crippen molar-refractivity contribution in [2.75, 3.05) is 18.5 Å². The van der Waals surface area contributed by atoms with Gasteiger partial charge in [-0.15, -0.1) is 12.4 Å². The number of hydrogen-bond acceptors (Lipinski definition) is 2. The fourth-order valence-electron chi connectivity index (χ4n) is 2.73. The molecule has 1 fully saturated rings. The molecule has 1 aliphatic rings. The molecule has 0 aliphatic heterocycles. The predicted molar refractivity (Wildman–Crippen MR) is 98.3 cm³/mol. The molecule has 2 rings (SSSR count). The van der Waals surface area contributed by atoms with Crippen molar-refractivity contribution in [2.45, 2.75) is 25.7 Å². The largest absolute Gasteiger partial charge is 0.341 e. The van der Waals surface area contributed by atoms with Crippen LogP contribution < -0.4 is 15.5 Å². The number of anilines is 1. The summed E-state index contributed by atoms with van der Waals surface area (Å²) in [5, 5.41) is 14.1. The van der Waals surface area contributed by atoms with Gasteiger partial charge < -0.3 is 10.2 Å². The highest BCUT2D eigenvalue weighted by molar-refractivity contribution is 6.40. The van der Waals surface area contributed by atoms with E-state index in [-0.39, 0.29) is 18.4 Å². The SMILES string of the molecule is CNC(=O)NC(=N)N(CC1CCCC1)c1c(Cl)cccc1Cl.Cl. The van der Waals surface area contributed by atoms with E-state index in [1.165, 1.54) is 19.9 Å². The van der Waals surface area contributed by atoms with Gasteiger partial charge >= 0.3 is 6.03 Å². The maximum Gasteiger partial charge on any atom is 0.321 e. The van der Waals surface area contributed by atoms with Crippen LogP contribution in [0.25, 0.3) is 0 Å². The van der Waals surface area contributed by atoms with E-state index in [1.807, 2.05) is 0 Å². The second-order valence-electron chi connectivity index (χ2n) is 5.38. The van der Waals surface area contributed by atoms with Crippen molar-refractivity contribution in [3.8, 4) is 0 Å². The van der Waals surface area contributed by atoms with E-state index in [0.29, 0.717) is 28.2 Å². The fourth-order valence-corrected chi connectivity index (χ4v) is 3.33. The number of amides is 2. The first-order chi connectivity index (χ1) is 10.5. The maximum absolute atomic E-state index is 11.5. The molecule has 8 heteroatoms. The Morgan fingerprint density at radius 3 is 2.39 bits per heavy atom. The minimum absolute atomic E-state index is 0. The van der Waals surface area contributed by atoms with Crippen LogP contribution >= 0.6 is 35.6 Å². The number of para-hydroxylation sites is 1. The van der Waals surface area contributed by atoms with E-state index in [4.69, 9.17) is 28.6 Å².